The van der Waals surface area contributed by atoms with Crippen molar-refractivity contribution in [2.75, 3.05) is 49.2 Å². The minimum absolute atomic E-state index is 0.00624. The summed E-state index contributed by atoms with van der Waals surface area (Å²) in [6.07, 6.45) is 3.10. The Morgan fingerprint density at radius 2 is 1.77 bits per heavy atom. The third-order valence-corrected chi connectivity index (χ3v) is 5.98. The number of hydrogen-bond acceptors (Lipinski definition) is 6. The highest BCUT2D eigenvalue weighted by molar-refractivity contribution is 6.31. The monoisotopic (exact) mass is 433 g/mol. The van der Waals surface area contributed by atoms with Gasteiger partial charge >= 0.3 is 0 Å². The van der Waals surface area contributed by atoms with Crippen molar-refractivity contribution >= 4 is 29.1 Å². The number of anilines is 2. The Labute approximate surface area is 180 Å². The third kappa shape index (κ3) is 4.99. The highest BCUT2D eigenvalue weighted by Crippen LogP contribution is 2.25. The molecule has 2 fully saturated rings. The predicted molar refractivity (Wildman–Crippen MR) is 113 cm³/mol. The molecule has 2 aromatic rings. The van der Waals surface area contributed by atoms with Gasteiger partial charge in [0.2, 0.25) is 5.91 Å². The lowest BCUT2D eigenvalue weighted by molar-refractivity contribution is -0.125. The quantitative estimate of drug-likeness (QED) is 0.781. The van der Waals surface area contributed by atoms with Crippen LogP contribution in [0.5, 0.6) is 0 Å². The molecule has 2 aliphatic rings. The van der Waals surface area contributed by atoms with E-state index in [0.717, 1.165) is 50.7 Å². The largest absolute Gasteiger partial charge is 0.378 e. The van der Waals surface area contributed by atoms with Crippen LogP contribution in [0.1, 0.15) is 18.4 Å². The average Bonchev–Trinajstić information content (AvgIpc) is 2.79. The first kappa shape index (κ1) is 20.8. The van der Waals surface area contributed by atoms with Crippen LogP contribution in [0.15, 0.2) is 30.6 Å². The molecule has 1 aromatic heterocycles. The van der Waals surface area contributed by atoms with Crippen molar-refractivity contribution in [3.63, 3.8) is 0 Å². The number of benzene rings is 1. The van der Waals surface area contributed by atoms with Gasteiger partial charge in [0.1, 0.15) is 23.8 Å². The summed E-state index contributed by atoms with van der Waals surface area (Å²) >= 11 is 6.03. The van der Waals surface area contributed by atoms with E-state index in [2.05, 4.69) is 25.1 Å². The summed E-state index contributed by atoms with van der Waals surface area (Å²) in [7, 11) is 0. The zero-order valence-electron chi connectivity index (χ0n) is 16.7. The number of ether oxygens (including phenoxy) is 1. The number of carbonyl (C=O) groups excluding carboxylic acids is 1. The number of hydrogen-bond donors (Lipinski definition) is 1. The van der Waals surface area contributed by atoms with Gasteiger partial charge in [0.15, 0.2) is 0 Å². The van der Waals surface area contributed by atoms with Gasteiger partial charge in [0.05, 0.1) is 13.2 Å². The van der Waals surface area contributed by atoms with Crippen LogP contribution in [0.25, 0.3) is 0 Å². The van der Waals surface area contributed by atoms with Crippen molar-refractivity contribution < 1.29 is 13.9 Å². The van der Waals surface area contributed by atoms with Gasteiger partial charge in [-0.15, -0.1) is 0 Å². The Balaban J connectivity index is 1.29. The summed E-state index contributed by atoms with van der Waals surface area (Å²) < 4.78 is 18.6. The highest BCUT2D eigenvalue weighted by atomic mass is 35.5. The minimum Gasteiger partial charge on any atom is -0.378 e. The van der Waals surface area contributed by atoms with Gasteiger partial charge in [-0.05, 0) is 30.5 Å². The molecule has 0 unspecified atom stereocenters. The van der Waals surface area contributed by atoms with Crippen molar-refractivity contribution in [1.82, 2.24) is 15.3 Å². The number of nitrogens with zero attached hydrogens (tertiary/aromatic N) is 4. The maximum atomic E-state index is 13.2. The number of rotatable bonds is 5. The summed E-state index contributed by atoms with van der Waals surface area (Å²) in [5, 5.41) is 3.25. The van der Waals surface area contributed by atoms with Crippen LogP contribution < -0.4 is 15.1 Å². The third-order valence-electron chi connectivity index (χ3n) is 5.63. The summed E-state index contributed by atoms with van der Waals surface area (Å²) in [5.41, 5.74) is 0.709. The smallest absolute Gasteiger partial charge is 0.223 e. The molecule has 7 nitrogen and oxygen atoms in total. The molecule has 0 aliphatic carbocycles. The lowest BCUT2D eigenvalue weighted by Gasteiger charge is -2.33. The molecule has 160 valence electrons. The second kappa shape index (κ2) is 9.57. The van der Waals surface area contributed by atoms with E-state index in [1.165, 1.54) is 12.1 Å². The molecule has 9 heteroatoms. The van der Waals surface area contributed by atoms with Crippen LogP contribution in [0.3, 0.4) is 0 Å². The fourth-order valence-electron chi connectivity index (χ4n) is 3.84. The topological polar surface area (TPSA) is 70.6 Å². The molecule has 1 amide bonds. The second-order valence-electron chi connectivity index (χ2n) is 7.55. The number of aromatic nitrogens is 2. The number of nitrogens with one attached hydrogen (secondary N) is 1. The van der Waals surface area contributed by atoms with Gasteiger partial charge in [-0.2, -0.15) is 0 Å². The zero-order chi connectivity index (χ0) is 20.9. The SMILES string of the molecule is O=C(NCc1ccc(F)cc1Cl)C1CCN(c2cc(N3CCOCC3)ncn2)CC1. The van der Waals surface area contributed by atoms with Gasteiger partial charge in [-0.1, -0.05) is 17.7 Å². The van der Waals surface area contributed by atoms with Crippen molar-refractivity contribution in [2.24, 2.45) is 5.92 Å². The van der Waals surface area contributed by atoms with E-state index in [1.54, 1.807) is 12.4 Å². The van der Waals surface area contributed by atoms with Gasteiger partial charge < -0.3 is 19.9 Å². The van der Waals surface area contributed by atoms with E-state index in [-0.39, 0.29) is 17.6 Å². The summed E-state index contributed by atoms with van der Waals surface area (Å²) in [6, 6.07) is 6.22. The molecular weight excluding hydrogens is 409 g/mol. The predicted octanol–water partition coefficient (Wildman–Crippen LogP) is 2.64. The maximum absolute atomic E-state index is 13.2. The second-order valence-corrected chi connectivity index (χ2v) is 7.96. The van der Waals surface area contributed by atoms with Crippen LogP contribution in [0.4, 0.5) is 16.0 Å². The van der Waals surface area contributed by atoms with Crippen LogP contribution in [0, 0.1) is 11.7 Å². The first-order chi connectivity index (χ1) is 14.6. The summed E-state index contributed by atoms with van der Waals surface area (Å²) in [5.74, 6) is 1.37. The van der Waals surface area contributed by atoms with E-state index < -0.39 is 0 Å². The molecule has 0 bridgehead atoms. The van der Waals surface area contributed by atoms with E-state index in [0.29, 0.717) is 30.3 Å². The average molecular weight is 434 g/mol. The van der Waals surface area contributed by atoms with E-state index in [4.69, 9.17) is 16.3 Å². The Bertz CT molecular complexity index is 885. The molecule has 30 heavy (non-hydrogen) atoms. The van der Waals surface area contributed by atoms with Crippen LogP contribution >= 0.6 is 11.6 Å². The number of morpholine rings is 1. The molecule has 0 atom stereocenters. The first-order valence-corrected chi connectivity index (χ1v) is 10.6. The molecule has 2 saturated heterocycles. The van der Waals surface area contributed by atoms with E-state index in [1.807, 2.05) is 6.07 Å². The van der Waals surface area contributed by atoms with Crippen molar-refractivity contribution in [3.05, 3.63) is 47.0 Å². The van der Waals surface area contributed by atoms with E-state index >= 15 is 0 Å². The number of piperidine rings is 1. The van der Waals surface area contributed by atoms with Crippen molar-refractivity contribution in [1.29, 1.82) is 0 Å². The molecule has 1 N–H and O–H groups in total. The van der Waals surface area contributed by atoms with Crippen LogP contribution in [-0.2, 0) is 16.1 Å². The Kier molecular flexibility index (Phi) is 6.64. The minimum atomic E-state index is -0.385. The number of halogens is 2. The van der Waals surface area contributed by atoms with Crippen LogP contribution in [-0.4, -0.2) is 55.3 Å². The van der Waals surface area contributed by atoms with Gasteiger partial charge in [-0.3, -0.25) is 4.79 Å². The number of carbonyl (C=O) groups is 1. The molecule has 0 spiro atoms. The molecular formula is C21H25ClFN5O2. The Hall–Kier alpha value is -2.45. The fraction of sp³-hybridized carbons (Fsp3) is 0.476. The molecule has 0 saturated carbocycles. The summed E-state index contributed by atoms with van der Waals surface area (Å²) in [4.78, 5) is 25.8. The molecule has 2 aliphatic heterocycles. The molecule has 1 aromatic carbocycles. The standard InChI is InChI=1S/C21H25ClFN5O2/c22-18-11-17(23)2-1-16(18)13-24-21(29)15-3-5-27(6-4-15)19-12-20(26-14-25-19)28-7-9-30-10-8-28/h1-2,11-12,14-15H,3-10,13H2,(H,24,29). The Morgan fingerprint density at radius 3 is 2.43 bits per heavy atom. The first-order valence-electron chi connectivity index (χ1n) is 10.2. The number of amides is 1. The molecule has 3 heterocycles. The highest BCUT2D eigenvalue weighted by Gasteiger charge is 2.26. The van der Waals surface area contributed by atoms with Crippen LogP contribution in [0.2, 0.25) is 5.02 Å². The zero-order valence-corrected chi connectivity index (χ0v) is 17.4. The molecule has 0 radical (unpaired) electrons. The lowest BCUT2D eigenvalue weighted by atomic mass is 9.96. The van der Waals surface area contributed by atoms with Gasteiger partial charge in [-0.25, -0.2) is 14.4 Å². The normalized spacial score (nSPS) is 17.8. The Morgan fingerprint density at radius 1 is 1.10 bits per heavy atom. The van der Waals surface area contributed by atoms with Crippen molar-refractivity contribution in [3.8, 4) is 0 Å². The fourth-order valence-corrected chi connectivity index (χ4v) is 4.07. The maximum Gasteiger partial charge on any atom is 0.223 e. The lowest BCUT2D eigenvalue weighted by Crippen LogP contribution is -2.41. The summed E-state index contributed by atoms with van der Waals surface area (Å²) in [6.45, 7) is 4.90. The van der Waals surface area contributed by atoms with Gasteiger partial charge in [0.25, 0.3) is 0 Å². The van der Waals surface area contributed by atoms with Gasteiger partial charge in [0, 0.05) is 49.7 Å². The van der Waals surface area contributed by atoms with E-state index in [9.17, 15) is 9.18 Å². The molecule has 4 rings (SSSR count). The van der Waals surface area contributed by atoms with Crippen molar-refractivity contribution in [2.45, 2.75) is 19.4 Å².